The second-order valence-corrected chi connectivity index (χ2v) is 10.7. The highest BCUT2D eigenvalue weighted by atomic mass is 35.5. The summed E-state index contributed by atoms with van der Waals surface area (Å²) < 4.78 is 24.6. The van der Waals surface area contributed by atoms with Gasteiger partial charge >= 0.3 is 6.72 Å². The number of nitrogens with two attached hydrogens (primary N) is 1. The molecule has 5 rings (SSSR count). The Morgan fingerprint density at radius 1 is 1.28 bits per heavy atom. The fourth-order valence-electron chi connectivity index (χ4n) is 3.63. The summed E-state index contributed by atoms with van der Waals surface area (Å²) in [6, 6.07) is 7.21. The lowest BCUT2D eigenvalue weighted by Gasteiger charge is -2.19. The van der Waals surface area contributed by atoms with E-state index in [0.29, 0.717) is 16.2 Å². The molecule has 0 spiro atoms. The number of rotatable bonds is 5. The van der Waals surface area contributed by atoms with E-state index in [9.17, 15) is 10.2 Å². The maximum atomic E-state index is 10.6. The van der Waals surface area contributed by atoms with E-state index in [2.05, 4.69) is 15.0 Å². The van der Waals surface area contributed by atoms with Gasteiger partial charge in [0.2, 0.25) is 0 Å². The van der Waals surface area contributed by atoms with Gasteiger partial charge in [0.15, 0.2) is 17.7 Å². The van der Waals surface area contributed by atoms with Crippen molar-refractivity contribution in [3.8, 4) is 0 Å². The third kappa shape index (κ3) is 4.03. The number of ether oxygens (including phenoxy) is 1. The zero-order chi connectivity index (χ0) is 22.5. The Kier molecular flexibility index (Phi) is 5.91. The van der Waals surface area contributed by atoms with Crippen LogP contribution in [0.5, 0.6) is 0 Å². The van der Waals surface area contributed by atoms with E-state index in [1.807, 2.05) is 12.1 Å². The maximum Gasteiger partial charge on any atom is 0.328 e. The van der Waals surface area contributed by atoms with E-state index in [0.717, 1.165) is 5.56 Å². The Hall–Kier alpha value is -1.73. The second kappa shape index (κ2) is 8.56. The molecule has 1 aromatic carbocycles. The molecule has 0 saturated carbocycles. The average Bonchev–Trinajstić information content (AvgIpc) is 3.45. The minimum atomic E-state index is -3.07. The summed E-state index contributed by atoms with van der Waals surface area (Å²) in [5.41, 5.74) is 7.37. The third-order valence-corrected chi connectivity index (χ3v) is 7.83. The Bertz CT molecular complexity index is 1200. The van der Waals surface area contributed by atoms with Crippen molar-refractivity contribution in [2.24, 2.45) is 0 Å². The Morgan fingerprint density at radius 3 is 2.94 bits per heavy atom. The number of fused-ring (bicyclic) bond motifs is 1. The van der Waals surface area contributed by atoms with Gasteiger partial charge in [-0.1, -0.05) is 23.7 Å². The quantitative estimate of drug-likeness (QED) is 0.441. The standard InChI is InChI=1S/C18H19ClN5O6PS/c19-10-3-1-2-9(4-10)11-5-27-31(32,30-11)28-6-12-14(25)15(26)18(29-12)24-8-23-13-16(20)21-7-22-17(13)24/h1-4,7-8,11-12,14-15,18,25-26H,5-6H2,(H2,20,21,22)/t11-,12-,14-,15-,18-,31-/m1/s1. The number of hydrogen-bond donors (Lipinski definition) is 3. The summed E-state index contributed by atoms with van der Waals surface area (Å²) in [4.78, 5) is 12.2. The predicted molar refractivity (Wildman–Crippen MR) is 117 cm³/mol. The highest BCUT2D eigenvalue weighted by molar-refractivity contribution is 8.07. The minimum Gasteiger partial charge on any atom is -0.387 e. The SMILES string of the molecule is Nc1ncnc2c1ncn2[C@@H]1O[C@H](CO[P@]2(=S)OC[C@H](c3cccc(Cl)c3)O2)[C@@H](O)[C@H]1O. The van der Waals surface area contributed by atoms with E-state index in [1.165, 1.54) is 17.2 Å². The first-order valence-electron chi connectivity index (χ1n) is 9.62. The summed E-state index contributed by atoms with van der Waals surface area (Å²) >= 11 is 11.5. The minimum absolute atomic E-state index is 0.141. The summed E-state index contributed by atoms with van der Waals surface area (Å²) in [6.45, 7) is -2.99. The molecule has 3 aromatic rings. The highest BCUT2D eigenvalue weighted by Gasteiger charge is 2.46. The number of nitrogens with zero attached hydrogens (tertiary/aromatic N) is 4. The van der Waals surface area contributed by atoms with E-state index in [1.54, 1.807) is 12.1 Å². The lowest BCUT2D eigenvalue weighted by molar-refractivity contribution is -0.0488. The van der Waals surface area contributed by atoms with Crippen molar-refractivity contribution in [3.63, 3.8) is 0 Å². The van der Waals surface area contributed by atoms with Crippen LogP contribution in [0.25, 0.3) is 11.2 Å². The summed E-state index contributed by atoms with van der Waals surface area (Å²) in [7, 11) is 0. The molecule has 11 nitrogen and oxygen atoms in total. The van der Waals surface area contributed by atoms with Gasteiger partial charge in [-0.3, -0.25) is 9.09 Å². The van der Waals surface area contributed by atoms with Crippen LogP contribution in [-0.2, 0) is 30.1 Å². The topological polar surface area (TPSA) is 147 Å². The zero-order valence-corrected chi connectivity index (χ0v) is 18.9. The molecule has 2 saturated heterocycles. The van der Waals surface area contributed by atoms with Crippen LogP contribution in [0.2, 0.25) is 5.02 Å². The number of aliphatic hydroxyl groups excluding tert-OH is 2. The van der Waals surface area contributed by atoms with Gasteiger partial charge in [0, 0.05) is 5.02 Å². The van der Waals surface area contributed by atoms with Gasteiger partial charge in [-0.15, -0.1) is 0 Å². The molecule has 4 N–H and O–H groups in total. The van der Waals surface area contributed by atoms with Crippen molar-refractivity contribution in [2.75, 3.05) is 18.9 Å². The number of benzene rings is 1. The smallest absolute Gasteiger partial charge is 0.328 e. The van der Waals surface area contributed by atoms with Gasteiger partial charge in [-0.05, 0) is 29.5 Å². The van der Waals surface area contributed by atoms with Gasteiger partial charge in [0.25, 0.3) is 0 Å². The fraction of sp³-hybridized carbons (Fsp3) is 0.389. The Morgan fingerprint density at radius 2 is 2.12 bits per heavy atom. The van der Waals surface area contributed by atoms with Gasteiger partial charge in [-0.2, -0.15) is 0 Å². The first kappa shape index (κ1) is 22.1. The lowest BCUT2D eigenvalue weighted by Crippen LogP contribution is -2.33. The average molecular weight is 500 g/mol. The molecule has 32 heavy (non-hydrogen) atoms. The van der Waals surface area contributed by atoms with Crippen LogP contribution in [-0.4, -0.2) is 61.3 Å². The van der Waals surface area contributed by atoms with E-state index in [4.69, 9.17) is 47.4 Å². The molecule has 2 fully saturated rings. The Balaban J connectivity index is 1.26. The number of aliphatic hydroxyl groups is 2. The molecule has 14 heteroatoms. The molecule has 0 amide bonds. The summed E-state index contributed by atoms with van der Waals surface area (Å²) in [6.07, 6.45) is -2.06. The molecule has 2 aromatic heterocycles. The molecule has 4 heterocycles. The predicted octanol–water partition coefficient (Wildman–Crippen LogP) is 1.71. The molecular formula is C18H19ClN5O6PS. The van der Waals surface area contributed by atoms with Gasteiger partial charge in [-0.25, -0.2) is 15.0 Å². The lowest BCUT2D eigenvalue weighted by atomic mass is 10.1. The van der Waals surface area contributed by atoms with Crippen LogP contribution in [0.3, 0.4) is 0 Å². The number of anilines is 1. The monoisotopic (exact) mass is 499 g/mol. The Labute approximate surface area is 192 Å². The molecule has 6 atom stereocenters. The van der Waals surface area contributed by atoms with Crippen LogP contribution in [0, 0.1) is 0 Å². The zero-order valence-electron chi connectivity index (χ0n) is 16.4. The third-order valence-electron chi connectivity index (χ3n) is 5.26. The fourth-order valence-corrected chi connectivity index (χ4v) is 5.84. The van der Waals surface area contributed by atoms with Crippen molar-refractivity contribution in [3.05, 3.63) is 47.5 Å². The molecule has 0 radical (unpaired) electrons. The maximum absolute atomic E-state index is 10.6. The van der Waals surface area contributed by atoms with Crippen LogP contribution >= 0.6 is 18.3 Å². The first-order valence-corrected chi connectivity index (χ1v) is 12.6. The normalized spacial score (nSPS) is 32.7. The van der Waals surface area contributed by atoms with Gasteiger partial charge in [0.05, 0.1) is 19.5 Å². The number of halogens is 1. The second-order valence-electron chi connectivity index (χ2n) is 7.32. The van der Waals surface area contributed by atoms with Crippen molar-refractivity contribution >= 4 is 47.1 Å². The molecule has 2 aliphatic rings. The number of nitrogen functional groups attached to an aromatic ring is 1. The van der Waals surface area contributed by atoms with Crippen LogP contribution in [0.15, 0.2) is 36.9 Å². The molecule has 0 aliphatic carbocycles. The molecular weight excluding hydrogens is 481 g/mol. The molecule has 0 bridgehead atoms. The van der Waals surface area contributed by atoms with Crippen molar-refractivity contribution in [1.82, 2.24) is 19.5 Å². The van der Waals surface area contributed by atoms with E-state index < -0.39 is 37.4 Å². The first-order chi connectivity index (χ1) is 15.3. The number of imidazole rings is 1. The molecule has 170 valence electrons. The van der Waals surface area contributed by atoms with Gasteiger partial charge < -0.3 is 29.7 Å². The van der Waals surface area contributed by atoms with E-state index in [-0.39, 0.29) is 19.0 Å². The molecule has 2 aliphatic heterocycles. The van der Waals surface area contributed by atoms with Crippen molar-refractivity contribution in [2.45, 2.75) is 30.6 Å². The summed E-state index contributed by atoms with van der Waals surface area (Å²) in [5, 5.41) is 21.6. The number of aromatic nitrogens is 4. The van der Waals surface area contributed by atoms with Crippen molar-refractivity contribution in [1.29, 1.82) is 0 Å². The van der Waals surface area contributed by atoms with Crippen molar-refractivity contribution < 1.29 is 28.5 Å². The van der Waals surface area contributed by atoms with Gasteiger partial charge in [0.1, 0.15) is 36.3 Å². The van der Waals surface area contributed by atoms with Crippen LogP contribution in [0.1, 0.15) is 17.9 Å². The van der Waals surface area contributed by atoms with Crippen LogP contribution in [0.4, 0.5) is 5.82 Å². The molecule has 0 unspecified atom stereocenters. The highest BCUT2D eigenvalue weighted by Crippen LogP contribution is 2.59. The van der Waals surface area contributed by atoms with E-state index >= 15 is 0 Å². The number of hydrogen-bond acceptors (Lipinski definition) is 11. The van der Waals surface area contributed by atoms with Crippen LogP contribution < -0.4 is 5.73 Å². The largest absolute Gasteiger partial charge is 0.387 e. The summed E-state index contributed by atoms with van der Waals surface area (Å²) in [5.74, 6) is 0.198.